The van der Waals surface area contributed by atoms with Crippen molar-refractivity contribution in [3.8, 4) is 23.0 Å². The van der Waals surface area contributed by atoms with Crippen molar-refractivity contribution in [1.82, 2.24) is 9.97 Å². The average molecular weight is 644 g/mol. The first kappa shape index (κ1) is 32.0. The monoisotopic (exact) mass is 643 g/mol. The van der Waals surface area contributed by atoms with Gasteiger partial charge >= 0.3 is 0 Å². The molecule has 0 unspecified atom stereocenters. The molecule has 0 saturated carbocycles. The van der Waals surface area contributed by atoms with E-state index >= 15 is 0 Å². The molecule has 242 valence electrons. The van der Waals surface area contributed by atoms with E-state index < -0.39 is 0 Å². The highest BCUT2D eigenvalue weighted by Gasteiger charge is 2.21. The molecule has 5 aromatic rings. The third kappa shape index (κ3) is 7.68. The molecule has 1 aliphatic carbocycles. The van der Waals surface area contributed by atoms with Crippen molar-refractivity contribution in [2.75, 3.05) is 32.8 Å². The van der Waals surface area contributed by atoms with Gasteiger partial charge in [0.25, 0.3) is 0 Å². The number of allylic oxidation sites excluding steroid dienone is 4. The number of ether oxygens (including phenoxy) is 5. The lowest BCUT2D eigenvalue weighted by molar-refractivity contribution is -0.113. The first-order valence-electron chi connectivity index (χ1n) is 15.2. The number of methoxy groups -OCH3 is 2. The second-order valence-electron chi connectivity index (χ2n) is 10.8. The number of hydrogen-bond acceptors (Lipinski definition) is 10. The number of nitrogens with one attached hydrogen (secondary N) is 1. The molecule has 10 nitrogen and oxygen atoms in total. The van der Waals surface area contributed by atoms with Gasteiger partial charge in [0.05, 0.1) is 19.2 Å². The highest BCUT2D eigenvalue weighted by molar-refractivity contribution is 6.34. The molecule has 10 heteroatoms. The molecule has 1 N–H and O–H groups in total. The van der Waals surface area contributed by atoms with Crippen LogP contribution in [0.5, 0.6) is 23.0 Å². The minimum absolute atomic E-state index is 0.231. The van der Waals surface area contributed by atoms with E-state index in [2.05, 4.69) is 15.3 Å². The maximum absolute atomic E-state index is 13.0. The number of aromatic nitrogens is 2. The van der Waals surface area contributed by atoms with Crippen molar-refractivity contribution < 1.29 is 33.3 Å². The molecule has 0 saturated heterocycles. The standard InChI is InChI=1S/C38H33N3O7/c1-44-16-17-46-37-21-33-32(20-36(37)45-2)38(40-24-39-33)41-27-10-15-35(31(18-27)30-19-28(42)11-14-34(30)43)48-23-26-8-12-29(13-9-26)47-22-25-6-4-3-5-7-25/h3-15,18-21,24H,16-17,22-23H2,1-2H3,(H,39,40,41). The van der Waals surface area contributed by atoms with E-state index in [9.17, 15) is 9.59 Å². The van der Waals surface area contributed by atoms with Crippen LogP contribution < -0.4 is 24.3 Å². The number of carbonyl (C=O) groups is 2. The molecular formula is C38H33N3O7. The van der Waals surface area contributed by atoms with Gasteiger partial charge in [-0.05, 0) is 65.8 Å². The molecule has 4 aromatic carbocycles. The molecule has 1 aliphatic rings. The van der Waals surface area contributed by atoms with E-state index in [0.29, 0.717) is 65.0 Å². The molecule has 0 spiro atoms. The lowest BCUT2D eigenvalue weighted by atomic mass is 9.95. The van der Waals surface area contributed by atoms with Crippen molar-refractivity contribution in [1.29, 1.82) is 0 Å². The Hall–Kier alpha value is -6.00. The summed E-state index contributed by atoms with van der Waals surface area (Å²) < 4.78 is 28.6. The number of carbonyl (C=O) groups excluding carboxylic acids is 2. The van der Waals surface area contributed by atoms with Gasteiger partial charge in [0.2, 0.25) is 0 Å². The Kier molecular flexibility index (Phi) is 10.0. The normalized spacial score (nSPS) is 12.5. The maximum atomic E-state index is 13.0. The second-order valence-corrected chi connectivity index (χ2v) is 10.8. The van der Waals surface area contributed by atoms with Gasteiger partial charge in [0, 0.05) is 35.4 Å². The topological polar surface area (TPSA) is 118 Å². The zero-order chi connectivity index (χ0) is 33.3. The quantitative estimate of drug-likeness (QED) is 0.104. The van der Waals surface area contributed by atoms with Crippen LogP contribution in [0.15, 0.2) is 109 Å². The van der Waals surface area contributed by atoms with Crippen LogP contribution in [-0.2, 0) is 27.5 Å². The molecule has 6 rings (SSSR count). The zero-order valence-electron chi connectivity index (χ0n) is 26.5. The molecule has 0 bridgehead atoms. The number of hydrogen-bond donors (Lipinski definition) is 1. The lowest BCUT2D eigenvalue weighted by Crippen LogP contribution is -2.09. The molecule has 0 radical (unpaired) electrons. The van der Waals surface area contributed by atoms with Gasteiger partial charge in [0.1, 0.15) is 43.5 Å². The summed E-state index contributed by atoms with van der Waals surface area (Å²) >= 11 is 0. The number of nitrogens with zero attached hydrogens (tertiary/aromatic N) is 2. The van der Waals surface area contributed by atoms with E-state index in [4.69, 9.17) is 23.7 Å². The van der Waals surface area contributed by atoms with E-state index in [1.54, 1.807) is 38.5 Å². The van der Waals surface area contributed by atoms with Crippen LogP contribution in [0.3, 0.4) is 0 Å². The average Bonchev–Trinajstić information content (AvgIpc) is 3.12. The van der Waals surface area contributed by atoms with Crippen molar-refractivity contribution in [3.05, 3.63) is 126 Å². The number of fused-ring (bicyclic) bond motifs is 1. The predicted molar refractivity (Wildman–Crippen MR) is 182 cm³/mol. The van der Waals surface area contributed by atoms with Crippen LogP contribution in [0.2, 0.25) is 0 Å². The van der Waals surface area contributed by atoms with Gasteiger partial charge in [-0.3, -0.25) is 9.59 Å². The SMILES string of the molecule is COCCOc1cc2ncnc(Nc3ccc(OCc4ccc(OCc5ccccc5)cc4)c(C4=CC(=O)C=CC4=O)c3)c2cc1OC. The zero-order valence-corrected chi connectivity index (χ0v) is 26.5. The Morgan fingerprint density at radius 3 is 2.29 bits per heavy atom. The van der Waals surface area contributed by atoms with Gasteiger partial charge in [-0.2, -0.15) is 0 Å². The fourth-order valence-electron chi connectivity index (χ4n) is 5.06. The molecule has 0 atom stereocenters. The minimum atomic E-state index is -0.297. The second kappa shape index (κ2) is 15.1. The summed E-state index contributed by atoms with van der Waals surface area (Å²) in [4.78, 5) is 34.2. The number of rotatable bonds is 14. The number of ketones is 2. The summed E-state index contributed by atoms with van der Waals surface area (Å²) in [5, 5.41) is 4.02. The first-order chi connectivity index (χ1) is 23.5. The summed E-state index contributed by atoms with van der Waals surface area (Å²) in [5.74, 6) is 2.17. The van der Waals surface area contributed by atoms with Crippen LogP contribution in [0.1, 0.15) is 16.7 Å². The molecular weight excluding hydrogens is 610 g/mol. The van der Waals surface area contributed by atoms with E-state index in [1.165, 1.54) is 24.6 Å². The molecule has 0 aliphatic heterocycles. The van der Waals surface area contributed by atoms with E-state index in [1.807, 2.05) is 60.7 Å². The molecule has 0 amide bonds. The third-order valence-corrected chi connectivity index (χ3v) is 7.52. The van der Waals surface area contributed by atoms with Crippen LogP contribution in [0.4, 0.5) is 11.5 Å². The molecule has 48 heavy (non-hydrogen) atoms. The minimum Gasteiger partial charge on any atom is -0.493 e. The fraction of sp³-hybridized carbons (Fsp3) is 0.158. The van der Waals surface area contributed by atoms with E-state index in [0.717, 1.165) is 16.9 Å². The van der Waals surface area contributed by atoms with Crippen LogP contribution in [-0.4, -0.2) is 49.0 Å². The summed E-state index contributed by atoms with van der Waals surface area (Å²) in [6, 6.07) is 26.5. The van der Waals surface area contributed by atoms with Gasteiger partial charge in [-0.15, -0.1) is 0 Å². The van der Waals surface area contributed by atoms with Crippen LogP contribution >= 0.6 is 0 Å². The lowest BCUT2D eigenvalue weighted by Gasteiger charge is -2.17. The Balaban J connectivity index is 1.24. The van der Waals surface area contributed by atoms with E-state index in [-0.39, 0.29) is 23.7 Å². The molecule has 0 fully saturated rings. The Morgan fingerprint density at radius 2 is 1.50 bits per heavy atom. The van der Waals surface area contributed by atoms with Gasteiger partial charge in [0.15, 0.2) is 23.1 Å². The largest absolute Gasteiger partial charge is 0.493 e. The summed E-state index contributed by atoms with van der Waals surface area (Å²) in [6.07, 6.45) is 5.29. The van der Waals surface area contributed by atoms with Crippen molar-refractivity contribution in [3.63, 3.8) is 0 Å². The fourth-order valence-corrected chi connectivity index (χ4v) is 5.06. The number of anilines is 2. The summed E-state index contributed by atoms with van der Waals surface area (Å²) in [7, 11) is 3.17. The van der Waals surface area contributed by atoms with Gasteiger partial charge in [-0.1, -0.05) is 42.5 Å². The third-order valence-electron chi connectivity index (χ3n) is 7.52. The van der Waals surface area contributed by atoms with Crippen molar-refractivity contribution in [2.24, 2.45) is 0 Å². The van der Waals surface area contributed by atoms with Gasteiger partial charge < -0.3 is 29.0 Å². The van der Waals surface area contributed by atoms with Crippen LogP contribution in [0, 0.1) is 0 Å². The smallest absolute Gasteiger partial charge is 0.186 e. The Morgan fingerprint density at radius 1 is 0.708 bits per heavy atom. The predicted octanol–water partition coefficient (Wildman–Crippen LogP) is 6.66. The molecule has 1 aromatic heterocycles. The number of benzene rings is 4. The summed E-state index contributed by atoms with van der Waals surface area (Å²) in [6.45, 7) is 1.48. The Labute approximate surface area is 277 Å². The van der Waals surface area contributed by atoms with Crippen molar-refractivity contribution in [2.45, 2.75) is 13.2 Å². The van der Waals surface area contributed by atoms with Crippen LogP contribution in [0.25, 0.3) is 16.5 Å². The first-order valence-corrected chi connectivity index (χ1v) is 15.2. The molecule has 1 heterocycles. The van der Waals surface area contributed by atoms with Crippen molar-refractivity contribution >= 4 is 39.5 Å². The maximum Gasteiger partial charge on any atom is 0.186 e. The highest BCUT2D eigenvalue weighted by Crippen LogP contribution is 2.37. The highest BCUT2D eigenvalue weighted by atomic mass is 16.5. The Bertz CT molecular complexity index is 1990. The summed E-state index contributed by atoms with van der Waals surface area (Å²) in [5.41, 5.74) is 3.95. The van der Waals surface area contributed by atoms with Gasteiger partial charge in [-0.25, -0.2) is 9.97 Å².